The van der Waals surface area contributed by atoms with E-state index < -0.39 is 23.1 Å². The van der Waals surface area contributed by atoms with E-state index in [1.807, 2.05) is 41.5 Å². The Morgan fingerprint density at radius 2 is 0.985 bits per heavy atom. The van der Waals surface area contributed by atoms with Gasteiger partial charge in [0.1, 0.15) is 23.4 Å². The number of rotatable bonds is 2. The first kappa shape index (κ1) is 57.1. The van der Waals surface area contributed by atoms with Crippen LogP contribution in [0.15, 0.2) is 36.4 Å². The smallest absolute Gasteiger partial charge is 0.870 e. The Bertz CT molecular complexity index is 1790. The Kier molecular flexibility index (Phi) is 24.2. The van der Waals surface area contributed by atoms with Crippen LogP contribution in [0.5, 0.6) is 23.0 Å². The largest absolute Gasteiger partial charge is 1.00 e. The number of methoxy groups -OCH3 is 1. The minimum absolute atomic E-state index is 0. The Labute approximate surface area is 405 Å². The van der Waals surface area contributed by atoms with Gasteiger partial charge in [0.15, 0.2) is 23.0 Å². The molecule has 4 bridgehead atoms. The number of nitrogens with zero attached hydrogens (tertiary/aromatic N) is 2. The molecule has 0 aromatic heterocycles. The van der Waals surface area contributed by atoms with Gasteiger partial charge in [-0.25, -0.2) is 19.2 Å². The zero-order valence-electron chi connectivity index (χ0n) is 39.6. The van der Waals surface area contributed by atoms with Crippen LogP contribution in [0.1, 0.15) is 114 Å². The van der Waals surface area contributed by atoms with Gasteiger partial charge in [0.05, 0.1) is 44.7 Å². The zero-order valence-corrected chi connectivity index (χ0v) is 41.6. The van der Waals surface area contributed by atoms with Crippen molar-refractivity contribution in [1.82, 2.24) is 9.80 Å². The van der Waals surface area contributed by atoms with E-state index in [1.165, 1.54) is 19.2 Å². The van der Waals surface area contributed by atoms with E-state index in [4.69, 9.17) is 47.7 Å². The van der Waals surface area contributed by atoms with E-state index in [0.717, 1.165) is 32.8 Å². The second-order valence-corrected chi connectivity index (χ2v) is 17.5. The van der Waals surface area contributed by atoms with Crippen molar-refractivity contribution < 1.29 is 107 Å². The number of hydrogen-bond acceptors (Lipinski definition) is 15. The van der Waals surface area contributed by atoms with Crippen LogP contribution in [0.25, 0.3) is 0 Å². The number of aliphatic hydroxyl groups excluding tert-OH is 1. The summed E-state index contributed by atoms with van der Waals surface area (Å²) >= 11 is 0. The van der Waals surface area contributed by atoms with Crippen molar-refractivity contribution in [2.45, 2.75) is 128 Å². The first-order valence-corrected chi connectivity index (χ1v) is 21.8. The van der Waals surface area contributed by atoms with Crippen molar-refractivity contribution in [3.63, 3.8) is 0 Å². The maximum Gasteiger partial charge on any atom is 1.00 e. The molecule has 2 amide bonds. The van der Waals surface area contributed by atoms with E-state index in [9.17, 15) is 24.3 Å². The van der Waals surface area contributed by atoms with Gasteiger partial charge in [-0.05, 0) is 104 Å². The number of carboxylic acids is 1. The second kappa shape index (κ2) is 27.6. The SMILES string of the molecule is CC(C)(C)OC(=O)N1CCOCCCCOc2cc(C(=O)O)ccc2OC2CC1C2.CO.COC(=O)c1ccc2c(c1)OCCCCOCCN(C(=O)OC(C)(C)C)C1CC(C1)O2.[Na+].[OH-]. The average Bonchev–Trinajstić information content (AvgIpc) is 3.21. The fraction of sp³-hybridized carbons (Fsp3) is 0.652. The minimum Gasteiger partial charge on any atom is -0.870 e. The molecule has 2 aromatic carbocycles. The Hall–Kier alpha value is -4.04. The first-order valence-electron chi connectivity index (χ1n) is 21.8. The third-order valence-corrected chi connectivity index (χ3v) is 10.3. The van der Waals surface area contributed by atoms with Gasteiger partial charge in [-0.3, -0.25) is 0 Å². The van der Waals surface area contributed by atoms with E-state index in [0.29, 0.717) is 107 Å². The molecule has 2 saturated carbocycles. The van der Waals surface area contributed by atoms with Gasteiger partial charge in [0, 0.05) is 71.2 Å². The van der Waals surface area contributed by atoms with Crippen LogP contribution in [-0.2, 0) is 23.7 Å². The fourth-order valence-corrected chi connectivity index (χ4v) is 6.94. The average molecular weight is 929 g/mol. The molecule has 4 heterocycles. The molecule has 360 valence electrons. The van der Waals surface area contributed by atoms with Gasteiger partial charge in [-0.2, -0.15) is 0 Å². The molecule has 18 nitrogen and oxygen atoms in total. The Morgan fingerprint density at radius 3 is 1.37 bits per heavy atom. The number of amides is 2. The van der Waals surface area contributed by atoms with Crippen molar-refractivity contribution in [1.29, 1.82) is 0 Å². The molecule has 65 heavy (non-hydrogen) atoms. The number of carboxylic acid groups (broad SMARTS) is 1. The van der Waals surface area contributed by atoms with E-state index >= 15 is 0 Å². The molecule has 2 fully saturated rings. The maximum absolute atomic E-state index is 12.7. The molecule has 0 spiro atoms. The number of aromatic carboxylic acids is 1. The quantitative estimate of drug-likeness (QED) is 0.247. The van der Waals surface area contributed by atoms with Crippen molar-refractivity contribution >= 4 is 24.1 Å². The van der Waals surface area contributed by atoms with Crippen molar-refractivity contribution in [3.8, 4) is 23.0 Å². The van der Waals surface area contributed by atoms with Gasteiger partial charge >= 0.3 is 53.7 Å². The summed E-state index contributed by atoms with van der Waals surface area (Å²) in [6.45, 7) is 15.1. The minimum atomic E-state index is -1.01. The summed E-state index contributed by atoms with van der Waals surface area (Å²) in [5, 5.41) is 16.3. The monoisotopic (exact) mass is 928 g/mol. The van der Waals surface area contributed by atoms with Crippen molar-refractivity contribution in [2.24, 2.45) is 0 Å². The summed E-state index contributed by atoms with van der Waals surface area (Å²) in [4.78, 5) is 52.1. The van der Waals surface area contributed by atoms with Crippen LogP contribution in [0.4, 0.5) is 9.59 Å². The molecule has 0 saturated heterocycles. The van der Waals surface area contributed by atoms with Crippen LogP contribution in [0.2, 0.25) is 0 Å². The molecule has 3 N–H and O–H groups in total. The predicted molar refractivity (Wildman–Crippen MR) is 233 cm³/mol. The summed E-state index contributed by atoms with van der Waals surface area (Å²) in [7, 11) is 2.35. The summed E-state index contributed by atoms with van der Waals surface area (Å²) in [6, 6.07) is 9.75. The third kappa shape index (κ3) is 18.6. The Balaban J connectivity index is 0.000000418. The first-order chi connectivity index (χ1) is 30.0. The molecule has 0 atom stereocenters. The number of carbonyl (C=O) groups excluding carboxylic acids is 3. The molecule has 0 unspecified atom stereocenters. The number of ether oxygens (including phenoxy) is 9. The van der Waals surface area contributed by atoms with Gasteiger partial charge in [-0.15, -0.1) is 0 Å². The van der Waals surface area contributed by atoms with Crippen LogP contribution in [0, 0.1) is 0 Å². The van der Waals surface area contributed by atoms with Crippen LogP contribution in [-0.4, -0.2) is 152 Å². The summed E-state index contributed by atoms with van der Waals surface area (Å²) < 4.78 is 51.3. The third-order valence-electron chi connectivity index (χ3n) is 10.3. The topological polar surface area (TPSA) is 228 Å². The van der Waals surface area contributed by atoms with Crippen LogP contribution < -0.4 is 48.5 Å². The standard InChI is InChI=1S/C23H33NO7.C22H31NO7.CH4O.Na.H2O/c1-23(2,3)31-22(26)24-9-12-28-10-5-6-11-29-20-13-16(21(25)27-4)7-8-19(20)30-18-14-17(24)15-18;1-22(2,3)30-21(26)23-8-11-27-9-4-5-10-28-19-12-15(20(24)25)6-7-18(19)29-17-13-16(23)14-17;1-2;;/h7-8,13,17-18H,5-6,9-12,14-15H2,1-4H3;6-7,12,16-17H,4-5,8-11,13-14H2,1-3H3,(H,24,25);2H,1H3;;1H2/q;;;+1;/p-1. The molecule has 6 aliphatic rings. The van der Waals surface area contributed by atoms with Crippen molar-refractivity contribution in [2.75, 3.05) is 67.0 Å². The van der Waals surface area contributed by atoms with Crippen LogP contribution >= 0.6 is 0 Å². The van der Waals surface area contributed by atoms with Gasteiger partial charge < -0.3 is 68.1 Å². The van der Waals surface area contributed by atoms with Gasteiger partial charge in [-0.1, -0.05) is 0 Å². The summed E-state index contributed by atoms with van der Waals surface area (Å²) in [6.07, 6.45) is 5.11. The molecule has 2 aromatic rings. The number of esters is 1. The molecule has 4 aliphatic heterocycles. The molecule has 8 rings (SSSR count). The van der Waals surface area contributed by atoms with Gasteiger partial charge in [0.25, 0.3) is 0 Å². The number of benzene rings is 2. The molecule has 2 aliphatic carbocycles. The zero-order chi connectivity index (χ0) is 46.2. The molecular formula is C46H69N2NaO16. The van der Waals surface area contributed by atoms with E-state index in [1.54, 1.807) is 34.1 Å². The van der Waals surface area contributed by atoms with E-state index in [-0.39, 0.29) is 77.1 Å². The summed E-state index contributed by atoms with van der Waals surface area (Å²) in [5.74, 6) is 0.628. The van der Waals surface area contributed by atoms with Crippen molar-refractivity contribution in [3.05, 3.63) is 47.5 Å². The second-order valence-electron chi connectivity index (χ2n) is 17.5. The molecular weight excluding hydrogens is 859 g/mol. The Morgan fingerprint density at radius 1 is 0.600 bits per heavy atom. The summed E-state index contributed by atoms with van der Waals surface area (Å²) in [5.41, 5.74) is -0.551. The van der Waals surface area contributed by atoms with E-state index in [2.05, 4.69) is 0 Å². The molecule has 0 radical (unpaired) electrons. The maximum atomic E-state index is 12.7. The number of fused-ring (bicyclic) bond motifs is 16. The molecule has 19 heteroatoms. The fourth-order valence-electron chi connectivity index (χ4n) is 6.94. The number of carbonyl (C=O) groups is 4. The normalized spacial score (nSPS) is 21.3. The number of aliphatic hydroxyl groups is 1. The van der Waals surface area contributed by atoms with Gasteiger partial charge in [0.2, 0.25) is 0 Å². The number of hydrogen-bond donors (Lipinski definition) is 2. The predicted octanol–water partition coefficient (Wildman–Crippen LogP) is 3.97. The van der Waals surface area contributed by atoms with Crippen LogP contribution in [0.3, 0.4) is 0 Å².